The topological polar surface area (TPSA) is 89.4 Å². The van der Waals surface area contributed by atoms with Crippen LogP contribution >= 0.6 is 0 Å². The molecule has 146 valence electrons. The molecule has 7 nitrogen and oxygen atoms in total. The summed E-state index contributed by atoms with van der Waals surface area (Å²) in [6.45, 7) is 3.35. The summed E-state index contributed by atoms with van der Waals surface area (Å²) in [7, 11) is 0. The van der Waals surface area contributed by atoms with Crippen LogP contribution in [0.3, 0.4) is 0 Å². The number of nitrogen functional groups attached to an aromatic ring is 1. The minimum atomic E-state index is 0.0348. The number of nitrogens with two attached hydrogens (primary N) is 1. The molecule has 5 rings (SSSR count). The first-order valence-electron chi connectivity index (χ1n) is 9.91. The van der Waals surface area contributed by atoms with Crippen molar-refractivity contribution >= 4 is 23.5 Å². The largest absolute Gasteiger partial charge is 0.382 e. The smallest absolute Gasteiger partial charge is 0.180 e. The van der Waals surface area contributed by atoms with Crippen LogP contribution in [0.5, 0.6) is 0 Å². The van der Waals surface area contributed by atoms with E-state index >= 15 is 0 Å². The van der Waals surface area contributed by atoms with Gasteiger partial charge in [-0.25, -0.2) is 9.67 Å². The Hall–Kier alpha value is -3.32. The van der Waals surface area contributed by atoms with Crippen molar-refractivity contribution in [1.29, 1.82) is 0 Å². The van der Waals surface area contributed by atoms with Gasteiger partial charge in [-0.3, -0.25) is 14.7 Å². The van der Waals surface area contributed by atoms with Crippen LogP contribution < -0.4 is 5.73 Å². The Bertz CT molecular complexity index is 1090. The van der Waals surface area contributed by atoms with Crippen LogP contribution in [0, 0.1) is 0 Å². The second-order valence-electron chi connectivity index (χ2n) is 7.52. The number of fused-ring (bicyclic) bond motifs is 1. The van der Waals surface area contributed by atoms with Crippen LogP contribution in [0.4, 0.5) is 11.5 Å². The monoisotopic (exact) mass is 386 g/mol. The maximum atomic E-state index is 12.1. The van der Waals surface area contributed by atoms with Crippen LogP contribution in [0.25, 0.3) is 16.9 Å². The van der Waals surface area contributed by atoms with Crippen LogP contribution in [-0.4, -0.2) is 44.8 Å². The van der Waals surface area contributed by atoms with Crippen molar-refractivity contribution in [2.24, 2.45) is 4.99 Å². The molecule has 7 heteroatoms. The minimum absolute atomic E-state index is 0.0348. The van der Waals surface area contributed by atoms with Crippen molar-refractivity contribution in [2.75, 3.05) is 18.8 Å². The number of likely N-dealkylation sites (tertiary alicyclic amines) is 1. The molecule has 1 saturated heterocycles. The number of anilines is 1. The van der Waals surface area contributed by atoms with Crippen molar-refractivity contribution in [1.82, 2.24) is 19.7 Å². The highest BCUT2D eigenvalue weighted by atomic mass is 16.1. The van der Waals surface area contributed by atoms with Gasteiger partial charge in [0.1, 0.15) is 5.69 Å². The van der Waals surface area contributed by atoms with E-state index in [1.54, 1.807) is 23.2 Å². The third-order valence-corrected chi connectivity index (χ3v) is 5.53. The molecule has 0 unspecified atom stereocenters. The van der Waals surface area contributed by atoms with Crippen molar-refractivity contribution in [3.8, 4) is 16.9 Å². The lowest BCUT2D eigenvalue weighted by molar-refractivity contribution is 0.100. The molecule has 1 aromatic carbocycles. The highest BCUT2D eigenvalue weighted by Gasteiger charge is 2.21. The number of aromatic nitrogens is 3. The van der Waals surface area contributed by atoms with E-state index in [9.17, 15) is 4.79 Å². The minimum Gasteiger partial charge on any atom is -0.382 e. The summed E-state index contributed by atoms with van der Waals surface area (Å²) < 4.78 is 1.61. The average molecular weight is 386 g/mol. The lowest BCUT2D eigenvalue weighted by Crippen LogP contribution is -2.18. The van der Waals surface area contributed by atoms with E-state index in [-0.39, 0.29) is 5.78 Å². The lowest BCUT2D eigenvalue weighted by atomic mass is 10.1. The highest BCUT2D eigenvalue weighted by Crippen LogP contribution is 2.32. The van der Waals surface area contributed by atoms with Gasteiger partial charge >= 0.3 is 0 Å². The van der Waals surface area contributed by atoms with E-state index in [0.717, 1.165) is 17.7 Å². The number of benzene rings is 1. The van der Waals surface area contributed by atoms with Crippen LogP contribution in [0.1, 0.15) is 35.2 Å². The standard InChI is InChI=1S/C22H22N6O/c23-21-18(16-5-3-15(4-6-16)13-27-11-1-2-12-27)14-28(26-21)22-20-17(7-9-25-22)19(29)8-10-24-20/h3-7,9-10,14H,1-2,8,11-13H2,(H2,23,26). The molecule has 0 bridgehead atoms. The number of nitrogens with zero attached hydrogens (tertiary/aromatic N) is 5. The fourth-order valence-electron chi connectivity index (χ4n) is 4.00. The maximum Gasteiger partial charge on any atom is 0.180 e. The Balaban J connectivity index is 1.45. The second-order valence-corrected chi connectivity index (χ2v) is 7.52. The van der Waals surface area contributed by atoms with Gasteiger partial charge in [-0.15, -0.1) is 5.10 Å². The number of aliphatic imine (C=N–C) groups is 1. The molecule has 4 heterocycles. The molecular weight excluding hydrogens is 364 g/mol. The van der Waals surface area contributed by atoms with Gasteiger partial charge in [0.05, 0.1) is 0 Å². The van der Waals surface area contributed by atoms with E-state index < -0.39 is 0 Å². The second kappa shape index (κ2) is 7.25. The van der Waals surface area contributed by atoms with Gasteiger partial charge < -0.3 is 5.73 Å². The molecule has 2 aromatic heterocycles. The molecule has 0 saturated carbocycles. The molecule has 0 atom stereocenters. The highest BCUT2D eigenvalue weighted by molar-refractivity contribution is 6.10. The molecule has 2 aliphatic heterocycles. The SMILES string of the molecule is Nc1nn(-c2nccc3c2N=CCC3=O)cc1-c1ccc(CN2CCCC2)cc1. The molecule has 2 aliphatic rings. The van der Waals surface area contributed by atoms with E-state index in [0.29, 0.717) is 29.3 Å². The van der Waals surface area contributed by atoms with E-state index in [1.807, 2.05) is 6.20 Å². The fraction of sp³-hybridized carbons (Fsp3) is 0.273. The number of Topliss-reactive ketones (excluding diaryl/α,β-unsaturated/α-hetero) is 1. The summed E-state index contributed by atoms with van der Waals surface area (Å²) in [5.41, 5.74) is 10.5. The molecule has 0 aliphatic carbocycles. The van der Waals surface area contributed by atoms with Gasteiger partial charge in [0.2, 0.25) is 0 Å². The van der Waals surface area contributed by atoms with Crippen molar-refractivity contribution in [3.63, 3.8) is 0 Å². The number of ketones is 1. The summed E-state index contributed by atoms with van der Waals surface area (Å²) >= 11 is 0. The first-order valence-corrected chi connectivity index (χ1v) is 9.91. The van der Waals surface area contributed by atoms with Crippen LogP contribution in [-0.2, 0) is 6.54 Å². The fourth-order valence-corrected chi connectivity index (χ4v) is 4.00. The molecule has 0 spiro atoms. The third kappa shape index (κ3) is 3.34. The van der Waals surface area contributed by atoms with Crippen LogP contribution in [0.15, 0.2) is 47.7 Å². The van der Waals surface area contributed by atoms with Crippen molar-refractivity contribution < 1.29 is 4.79 Å². The maximum absolute atomic E-state index is 12.1. The van der Waals surface area contributed by atoms with Crippen molar-refractivity contribution in [3.05, 3.63) is 53.9 Å². The van der Waals surface area contributed by atoms with Gasteiger partial charge in [-0.05, 0) is 43.1 Å². The number of hydrogen-bond donors (Lipinski definition) is 1. The Labute approximate surface area is 168 Å². The van der Waals surface area contributed by atoms with Gasteiger partial charge in [-0.1, -0.05) is 24.3 Å². The summed E-state index contributed by atoms with van der Waals surface area (Å²) in [5.74, 6) is 0.964. The summed E-state index contributed by atoms with van der Waals surface area (Å²) in [5, 5.41) is 4.43. The summed E-state index contributed by atoms with van der Waals surface area (Å²) in [6.07, 6.45) is 7.97. The zero-order chi connectivity index (χ0) is 19.8. The van der Waals surface area contributed by atoms with E-state index in [4.69, 9.17) is 5.73 Å². The summed E-state index contributed by atoms with van der Waals surface area (Å²) in [6, 6.07) is 10.2. The molecule has 1 fully saturated rings. The van der Waals surface area contributed by atoms with Gasteiger partial charge in [-0.2, -0.15) is 0 Å². The summed E-state index contributed by atoms with van der Waals surface area (Å²) in [4.78, 5) is 23.4. The quantitative estimate of drug-likeness (QED) is 0.742. The third-order valence-electron chi connectivity index (χ3n) is 5.53. The molecule has 0 radical (unpaired) electrons. The number of pyridine rings is 1. The zero-order valence-electron chi connectivity index (χ0n) is 16.1. The molecule has 2 N–H and O–H groups in total. The van der Waals surface area contributed by atoms with Crippen molar-refractivity contribution in [2.45, 2.75) is 25.8 Å². The first kappa shape index (κ1) is 17.8. The number of rotatable bonds is 4. The molecule has 29 heavy (non-hydrogen) atoms. The molecule has 3 aromatic rings. The zero-order valence-corrected chi connectivity index (χ0v) is 16.1. The molecular formula is C22H22N6O. The number of carbonyl (C=O) groups is 1. The van der Waals surface area contributed by atoms with Gasteiger partial charge in [0.15, 0.2) is 17.4 Å². The molecule has 0 amide bonds. The number of hydrogen-bond acceptors (Lipinski definition) is 6. The average Bonchev–Trinajstić information content (AvgIpc) is 3.38. The van der Waals surface area contributed by atoms with E-state index in [2.05, 4.69) is 44.2 Å². The first-order chi connectivity index (χ1) is 14.2. The van der Waals surface area contributed by atoms with Gasteiger partial charge in [0.25, 0.3) is 0 Å². The Morgan fingerprint density at radius 3 is 2.62 bits per heavy atom. The predicted molar refractivity (Wildman–Crippen MR) is 113 cm³/mol. The van der Waals surface area contributed by atoms with Crippen LogP contribution in [0.2, 0.25) is 0 Å². The van der Waals surface area contributed by atoms with Gasteiger partial charge in [0, 0.05) is 42.7 Å². The predicted octanol–water partition coefficient (Wildman–Crippen LogP) is 3.40. The Morgan fingerprint density at radius 2 is 1.83 bits per heavy atom. The Kier molecular flexibility index (Phi) is 4.44. The normalized spacial score (nSPS) is 16.3. The lowest BCUT2D eigenvalue weighted by Gasteiger charge is -2.14. The number of carbonyl (C=O) groups excluding carboxylic acids is 1. The Morgan fingerprint density at radius 1 is 1.03 bits per heavy atom. The van der Waals surface area contributed by atoms with E-state index in [1.165, 1.54) is 31.5 Å².